The van der Waals surface area contributed by atoms with Gasteiger partial charge in [0.2, 0.25) is 0 Å². The molecule has 0 amide bonds. The van der Waals surface area contributed by atoms with Crippen LogP contribution >= 0.6 is 0 Å². The third-order valence-electron chi connectivity index (χ3n) is 3.94. The summed E-state index contributed by atoms with van der Waals surface area (Å²) in [5, 5.41) is 10.6. The molecule has 1 aromatic carbocycles. The molecule has 3 nitrogen and oxygen atoms in total. The monoisotopic (exact) mass is 276 g/mol. The number of ether oxygens (including phenoxy) is 1. The average Bonchev–Trinajstić information content (AvgIpc) is 2.70. The number of carbonyl (C=O) groups is 1. The fourth-order valence-corrected chi connectivity index (χ4v) is 2.73. The molecule has 0 saturated heterocycles. The van der Waals surface area contributed by atoms with E-state index in [1.807, 2.05) is 12.1 Å². The maximum atomic E-state index is 12.5. The molecule has 1 saturated carbocycles. The quantitative estimate of drug-likeness (QED) is 0.658. The molecule has 0 aromatic heterocycles. The summed E-state index contributed by atoms with van der Waals surface area (Å²) in [7, 11) is 0. The molecular formula is C17H24O3. The highest BCUT2D eigenvalue weighted by molar-refractivity contribution is 6.02. The summed E-state index contributed by atoms with van der Waals surface area (Å²) in [6.45, 7) is 2.73. The van der Waals surface area contributed by atoms with E-state index in [0.29, 0.717) is 25.0 Å². The Labute approximate surface area is 121 Å². The lowest BCUT2D eigenvalue weighted by Gasteiger charge is -2.25. The SMILES string of the molecule is CCCOc1ccc(C(=O)C2(O)CCCCCC2)cc1. The van der Waals surface area contributed by atoms with E-state index in [1.54, 1.807) is 12.1 Å². The molecule has 1 aliphatic rings. The van der Waals surface area contributed by atoms with Crippen LogP contribution in [0.4, 0.5) is 0 Å². The first-order valence-corrected chi connectivity index (χ1v) is 7.66. The molecule has 0 radical (unpaired) electrons. The van der Waals surface area contributed by atoms with E-state index in [9.17, 15) is 9.90 Å². The van der Waals surface area contributed by atoms with Crippen molar-refractivity contribution in [1.29, 1.82) is 0 Å². The summed E-state index contributed by atoms with van der Waals surface area (Å²) < 4.78 is 5.51. The fourth-order valence-electron chi connectivity index (χ4n) is 2.73. The highest BCUT2D eigenvalue weighted by Gasteiger charge is 2.36. The molecule has 0 spiro atoms. The molecule has 0 atom stereocenters. The predicted octanol–water partition coefficient (Wildman–Crippen LogP) is 3.74. The van der Waals surface area contributed by atoms with E-state index < -0.39 is 5.60 Å². The standard InChI is InChI=1S/C17H24O3/c1-2-13-20-15-9-7-14(8-10-15)16(18)17(19)11-5-3-4-6-12-17/h7-10,19H,2-6,11-13H2,1H3. The molecule has 0 heterocycles. The van der Waals surface area contributed by atoms with Crippen LogP contribution < -0.4 is 4.74 Å². The Morgan fingerprint density at radius 1 is 1.15 bits per heavy atom. The zero-order valence-corrected chi connectivity index (χ0v) is 12.2. The van der Waals surface area contributed by atoms with E-state index >= 15 is 0 Å². The van der Waals surface area contributed by atoms with Gasteiger partial charge in [-0.2, -0.15) is 0 Å². The lowest BCUT2D eigenvalue weighted by Crippen LogP contribution is -2.38. The number of rotatable bonds is 5. The normalized spacial score (nSPS) is 18.3. The number of aliphatic hydroxyl groups is 1. The molecule has 0 bridgehead atoms. The van der Waals surface area contributed by atoms with Gasteiger partial charge in [0, 0.05) is 5.56 Å². The van der Waals surface area contributed by atoms with Gasteiger partial charge in [-0.1, -0.05) is 32.6 Å². The Balaban J connectivity index is 2.07. The molecular weight excluding hydrogens is 252 g/mol. The summed E-state index contributed by atoms with van der Waals surface area (Å²) >= 11 is 0. The Bertz CT molecular complexity index is 428. The summed E-state index contributed by atoms with van der Waals surface area (Å²) in [5.41, 5.74) is -0.583. The van der Waals surface area contributed by atoms with Gasteiger partial charge in [0.1, 0.15) is 11.4 Å². The van der Waals surface area contributed by atoms with Crippen molar-refractivity contribution in [3.8, 4) is 5.75 Å². The van der Waals surface area contributed by atoms with Crippen LogP contribution in [0.5, 0.6) is 5.75 Å². The minimum Gasteiger partial charge on any atom is -0.494 e. The van der Waals surface area contributed by atoms with Gasteiger partial charge in [0.25, 0.3) is 0 Å². The van der Waals surface area contributed by atoms with Crippen molar-refractivity contribution in [2.75, 3.05) is 6.61 Å². The van der Waals surface area contributed by atoms with Crippen molar-refractivity contribution in [2.45, 2.75) is 57.5 Å². The lowest BCUT2D eigenvalue weighted by atomic mass is 9.86. The second-order valence-electron chi connectivity index (χ2n) is 5.65. The van der Waals surface area contributed by atoms with E-state index in [4.69, 9.17) is 4.74 Å². The van der Waals surface area contributed by atoms with E-state index in [-0.39, 0.29) is 5.78 Å². The predicted molar refractivity (Wildman–Crippen MR) is 79.2 cm³/mol. The maximum absolute atomic E-state index is 12.5. The largest absolute Gasteiger partial charge is 0.494 e. The van der Waals surface area contributed by atoms with E-state index in [2.05, 4.69) is 6.92 Å². The van der Waals surface area contributed by atoms with Crippen LogP contribution in [0.2, 0.25) is 0 Å². The summed E-state index contributed by atoms with van der Waals surface area (Å²) in [5.74, 6) is 0.637. The van der Waals surface area contributed by atoms with Crippen molar-refractivity contribution >= 4 is 5.78 Å². The molecule has 20 heavy (non-hydrogen) atoms. The highest BCUT2D eigenvalue weighted by Crippen LogP contribution is 2.30. The van der Waals surface area contributed by atoms with Crippen LogP contribution in [0.15, 0.2) is 24.3 Å². The number of ketones is 1. The number of carbonyl (C=O) groups excluding carboxylic acids is 1. The molecule has 1 N–H and O–H groups in total. The molecule has 1 aliphatic carbocycles. The summed E-state index contributed by atoms with van der Waals surface area (Å²) in [4.78, 5) is 12.5. The number of hydrogen-bond donors (Lipinski definition) is 1. The van der Waals surface area contributed by atoms with Crippen molar-refractivity contribution in [2.24, 2.45) is 0 Å². The third kappa shape index (κ3) is 3.60. The molecule has 1 aromatic rings. The van der Waals surface area contributed by atoms with Crippen molar-refractivity contribution in [3.05, 3.63) is 29.8 Å². The molecule has 1 fully saturated rings. The topological polar surface area (TPSA) is 46.5 Å². The van der Waals surface area contributed by atoms with Gasteiger partial charge < -0.3 is 9.84 Å². The van der Waals surface area contributed by atoms with Gasteiger partial charge >= 0.3 is 0 Å². The third-order valence-corrected chi connectivity index (χ3v) is 3.94. The van der Waals surface area contributed by atoms with Crippen LogP contribution in [0.1, 0.15) is 62.2 Å². The van der Waals surface area contributed by atoms with Gasteiger partial charge in [-0.05, 0) is 43.5 Å². The summed E-state index contributed by atoms with van der Waals surface area (Å²) in [6, 6.07) is 7.14. The molecule has 3 heteroatoms. The number of Topliss-reactive ketones (excluding diaryl/α,β-unsaturated/α-hetero) is 1. The van der Waals surface area contributed by atoms with Crippen molar-refractivity contribution < 1.29 is 14.6 Å². The van der Waals surface area contributed by atoms with Gasteiger partial charge in [-0.25, -0.2) is 0 Å². The van der Waals surface area contributed by atoms with Gasteiger partial charge in [0.15, 0.2) is 5.78 Å². The molecule has 2 rings (SSSR count). The smallest absolute Gasteiger partial charge is 0.194 e. The van der Waals surface area contributed by atoms with Crippen molar-refractivity contribution in [3.63, 3.8) is 0 Å². The second-order valence-corrected chi connectivity index (χ2v) is 5.65. The molecule has 0 unspecified atom stereocenters. The Morgan fingerprint density at radius 2 is 1.75 bits per heavy atom. The highest BCUT2D eigenvalue weighted by atomic mass is 16.5. The van der Waals surface area contributed by atoms with Crippen LogP contribution in [0.3, 0.4) is 0 Å². The lowest BCUT2D eigenvalue weighted by molar-refractivity contribution is 0.0238. The van der Waals surface area contributed by atoms with Gasteiger partial charge in [-0.3, -0.25) is 4.79 Å². The van der Waals surface area contributed by atoms with Gasteiger partial charge in [-0.15, -0.1) is 0 Å². The van der Waals surface area contributed by atoms with Crippen molar-refractivity contribution in [1.82, 2.24) is 0 Å². The first kappa shape index (κ1) is 15.0. The maximum Gasteiger partial charge on any atom is 0.194 e. The number of benzene rings is 1. The zero-order chi connectivity index (χ0) is 14.4. The van der Waals surface area contributed by atoms with Gasteiger partial charge in [0.05, 0.1) is 6.61 Å². The van der Waals surface area contributed by atoms with Crippen LogP contribution in [-0.4, -0.2) is 23.1 Å². The average molecular weight is 276 g/mol. The molecule has 0 aliphatic heterocycles. The van der Waals surface area contributed by atoms with Crippen LogP contribution in [0.25, 0.3) is 0 Å². The Kier molecular flexibility index (Phi) is 5.18. The minimum atomic E-state index is -1.16. The zero-order valence-electron chi connectivity index (χ0n) is 12.2. The van der Waals surface area contributed by atoms with Crippen LogP contribution in [-0.2, 0) is 0 Å². The first-order valence-electron chi connectivity index (χ1n) is 7.66. The minimum absolute atomic E-state index is 0.138. The second kappa shape index (κ2) is 6.89. The van der Waals surface area contributed by atoms with E-state index in [0.717, 1.165) is 37.9 Å². The van der Waals surface area contributed by atoms with E-state index in [1.165, 1.54) is 0 Å². The molecule has 110 valence electrons. The first-order chi connectivity index (χ1) is 9.65. The number of hydrogen-bond acceptors (Lipinski definition) is 3. The summed E-state index contributed by atoms with van der Waals surface area (Å²) in [6.07, 6.45) is 6.21. The fraction of sp³-hybridized carbons (Fsp3) is 0.588. The Hall–Kier alpha value is -1.35. The van der Waals surface area contributed by atoms with Crippen LogP contribution in [0, 0.1) is 0 Å². The Morgan fingerprint density at radius 3 is 2.30 bits per heavy atom.